The van der Waals surface area contributed by atoms with Crippen LogP contribution in [-0.2, 0) is 23.8 Å². The van der Waals surface area contributed by atoms with Gasteiger partial charge in [-0.15, -0.1) is 0 Å². The van der Waals surface area contributed by atoms with Crippen molar-refractivity contribution in [2.75, 3.05) is 20.3 Å². The van der Waals surface area contributed by atoms with E-state index in [0.29, 0.717) is 13.0 Å². The van der Waals surface area contributed by atoms with Crippen LogP contribution in [0.3, 0.4) is 0 Å². The minimum absolute atomic E-state index is 0.0792. The molecule has 0 aromatic heterocycles. The van der Waals surface area contributed by atoms with Gasteiger partial charge in [-0.05, 0) is 46.0 Å². The van der Waals surface area contributed by atoms with Gasteiger partial charge in [0.2, 0.25) is 0 Å². The van der Waals surface area contributed by atoms with Gasteiger partial charge >= 0.3 is 11.9 Å². The summed E-state index contributed by atoms with van der Waals surface area (Å²) in [5, 5.41) is 0. The fourth-order valence-corrected chi connectivity index (χ4v) is 2.92. The Morgan fingerprint density at radius 1 is 1.22 bits per heavy atom. The zero-order chi connectivity index (χ0) is 17.5. The molecule has 0 radical (unpaired) electrons. The first-order valence-corrected chi connectivity index (χ1v) is 8.65. The zero-order valence-corrected chi connectivity index (χ0v) is 15.3. The highest BCUT2D eigenvalue weighted by atomic mass is 16.6. The van der Waals surface area contributed by atoms with Crippen LogP contribution in [0.5, 0.6) is 0 Å². The summed E-state index contributed by atoms with van der Waals surface area (Å²) in [6.07, 6.45) is 4.71. The molecule has 0 aromatic carbocycles. The lowest BCUT2D eigenvalue weighted by Gasteiger charge is -2.34. The number of carbonyl (C=O) groups is 2. The molecule has 0 heterocycles. The molecule has 1 saturated carbocycles. The Kier molecular flexibility index (Phi) is 7.52. The second kappa shape index (κ2) is 8.67. The van der Waals surface area contributed by atoms with E-state index < -0.39 is 11.0 Å². The summed E-state index contributed by atoms with van der Waals surface area (Å²) in [6, 6.07) is 0. The van der Waals surface area contributed by atoms with Gasteiger partial charge in [-0.1, -0.05) is 13.8 Å². The monoisotopic (exact) mass is 328 g/mol. The first kappa shape index (κ1) is 19.9. The topological polar surface area (TPSA) is 61.8 Å². The lowest BCUT2D eigenvalue weighted by Crippen LogP contribution is -2.41. The second-order valence-electron chi connectivity index (χ2n) is 7.23. The van der Waals surface area contributed by atoms with E-state index in [0.717, 1.165) is 25.7 Å². The maximum absolute atomic E-state index is 12.2. The molecule has 1 fully saturated rings. The van der Waals surface area contributed by atoms with Crippen LogP contribution in [0.4, 0.5) is 0 Å². The highest BCUT2D eigenvalue weighted by Gasteiger charge is 2.42. The summed E-state index contributed by atoms with van der Waals surface area (Å²) >= 11 is 0. The van der Waals surface area contributed by atoms with E-state index in [9.17, 15) is 9.59 Å². The number of ether oxygens (including phenoxy) is 3. The van der Waals surface area contributed by atoms with Crippen LogP contribution in [-0.4, -0.2) is 37.9 Å². The summed E-state index contributed by atoms with van der Waals surface area (Å²) in [7, 11) is 1.66. The molecule has 23 heavy (non-hydrogen) atoms. The van der Waals surface area contributed by atoms with Gasteiger partial charge < -0.3 is 14.2 Å². The number of methoxy groups -OCH3 is 1. The van der Waals surface area contributed by atoms with Crippen molar-refractivity contribution in [3.05, 3.63) is 0 Å². The van der Waals surface area contributed by atoms with Crippen LogP contribution in [0, 0.1) is 11.3 Å². The van der Waals surface area contributed by atoms with E-state index in [1.54, 1.807) is 7.11 Å². The van der Waals surface area contributed by atoms with Gasteiger partial charge in [0.1, 0.15) is 12.2 Å². The van der Waals surface area contributed by atoms with E-state index in [2.05, 4.69) is 6.92 Å². The second-order valence-corrected chi connectivity index (χ2v) is 7.23. The minimum atomic E-state index is -0.510. The predicted octanol–water partition coefficient (Wildman–Crippen LogP) is 3.49. The number of hydrogen-bond acceptors (Lipinski definition) is 5. The number of rotatable bonds is 9. The van der Waals surface area contributed by atoms with Crippen LogP contribution in [0.25, 0.3) is 0 Å². The van der Waals surface area contributed by atoms with Gasteiger partial charge in [-0.25, -0.2) is 0 Å². The predicted molar refractivity (Wildman–Crippen MR) is 88.0 cm³/mol. The third-order valence-corrected chi connectivity index (χ3v) is 5.06. The van der Waals surface area contributed by atoms with Crippen molar-refractivity contribution in [2.24, 2.45) is 11.3 Å². The Morgan fingerprint density at radius 3 is 2.35 bits per heavy atom. The van der Waals surface area contributed by atoms with Crippen molar-refractivity contribution in [2.45, 2.75) is 71.8 Å². The fourth-order valence-electron chi connectivity index (χ4n) is 2.92. The van der Waals surface area contributed by atoms with Crippen molar-refractivity contribution >= 4 is 11.9 Å². The molecule has 1 aliphatic carbocycles. The molecule has 0 saturated heterocycles. The Morgan fingerprint density at radius 2 is 1.83 bits per heavy atom. The lowest BCUT2D eigenvalue weighted by molar-refractivity contribution is -0.170. The summed E-state index contributed by atoms with van der Waals surface area (Å²) < 4.78 is 16.2. The average Bonchev–Trinajstić information content (AvgIpc) is 2.97. The first-order chi connectivity index (χ1) is 10.8. The zero-order valence-electron chi connectivity index (χ0n) is 15.3. The van der Waals surface area contributed by atoms with E-state index in [-0.39, 0.29) is 30.9 Å². The molecule has 1 aliphatic rings. The Hall–Kier alpha value is -1.10. The van der Waals surface area contributed by atoms with Gasteiger partial charge in [0.25, 0.3) is 0 Å². The molecular weight excluding hydrogens is 296 g/mol. The lowest BCUT2D eigenvalue weighted by atomic mass is 9.87. The van der Waals surface area contributed by atoms with E-state index in [4.69, 9.17) is 14.2 Å². The molecule has 0 spiro atoms. The summed E-state index contributed by atoms with van der Waals surface area (Å²) in [5.41, 5.74) is -0.927. The normalized spacial score (nSPS) is 18.5. The Balaban J connectivity index is 2.47. The standard InChI is InChI=1S/C18H32O5/c1-6-17(3,4)16(20)22-12-9-15(19)23-18(10-7-8-11-18)14(2)13-21-5/h14H,6-13H2,1-5H3. The minimum Gasteiger partial charge on any atom is -0.465 e. The summed E-state index contributed by atoms with van der Waals surface area (Å²) in [5.74, 6) is -0.395. The molecule has 0 aliphatic heterocycles. The molecular formula is C18H32O5. The quantitative estimate of drug-likeness (QED) is 0.606. The molecule has 5 heteroatoms. The highest BCUT2D eigenvalue weighted by molar-refractivity contribution is 5.76. The SMILES string of the molecule is CCC(C)(C)C(=O)OCCC(=O)OC1(C(C)COC)CCCC1. The van der Waals surface area contributed by atoms with Gasteiger partial charge in [-0.3, -0.25) is 9.59 Å². The molecule has 1 rings (SSSR count). The molecule has 5 nitrogen and oxygen atoms in total. The van der Waals surface area contributed by atoms with E-state index in [1.165, 1.54) is 0 Å². The molecule has 0 bridgehead atoms. The maximum Gasteiger partial charge on any atom is 0.311 e. The maximum atomic E-state index is 12.2. The van der Waals surface area contributed by atoms with Gasteiger partial charge in [-0.2, -0.15) is 0 Å². The molecule has 1 atom stereocenters. The van der Waals surface area contributed by atoms with Crippen LogP contribution < -0.4 is 0 Å². The first-order valence-electron chi connectivity index (χ1n) is 8.65. The van der Waals surface area contributed by atoms with Crippen LogP contribution in [0.2, 0.25) is 0 Å². The Bertz CT molecular complexity index is 396. The number of carbonyl (C=O) groups excluding carboxylic acids is 2. The fraction of sp³-hybridized carbons (Fsp3) is 0.889. The van der Waals surface area contributed by atoms with Gasteiger partial charge in [0.15, 0.2) is 0 Å². The van der Waals surface area contributed by atoms with Crippen molar-refractivity contribution < 1.29 is 23.8 Å². The summed E-state index contributed by atoms with van der Waals surface area (Å²) in [6.45, 7) is 8.34. The van der Waals surface area contributed by atoms with Crippen molar-refractivity contribution in [3.63, 3.8) is 0 Å². The highest BCUT2D eigenvalue weighted by Crippen LogP contribution is 2.39. The third kappa shape index (κ3) is 5.48. The van der Waals surface area contributed by atoms with E-state index >= 15 is 0 Å². The van der Waals surface area contributed by atoms with Gasteiger partial charge in [0.05, 0.1) is 18.4 Å². The largest absolute Gasteiger partial charge is 0.465 e. The van der Waals surface area contributed by atoms with Crippen molar-refractivity contribution in [1.82, 2.24) is 0 Å². The molecule has 1 unspecified atom stereocenters. The molecule has 0 aromatic rings. The third-order valence-electron chi connectivity index (χ3n) is 5.06. The molecule has 0 amide bonds. The van der Waals surface area contributed by atoms with Crippen LogP contribution in [0.15, 0.2) is 0 Å². The van der Waals surface area contributed by atoms with Crippen molar-refractivity contribution in [1.29, 1.82) is 0 Å². The molecule has 134 valence electrons. The van der Waals surface area contributed by atoms with Crippen molar-refractivity contribution in [3.8, 4) is 0 Å². The van der Waals surface area contributed by atoms with Crippen LogP contribution in [0.1, 0.15) is 66.2 Å². The van der Waals surface area contributed by atoms with Crippen LogP contribution >= 0.6 is 0 Å². The smallest absolute Gasteiger partial charge is 0.311 e. The Labute approximate surface area is 140 Å². The molecule has 0 N–H and O–H groups in total. The summed E-state index contributed by atoms with van der Waals surface area (Å²) in [4.78, 5) is 24.0. The number of hydrogen-bond donors (Lipinski definition) is 0. The number of esters is 2. The van der Waals surface area contributed by atoms with Gasteiger partial charge in [0, 0.05) is 13.0 Å². The van der Waals surface area contributed by atoms with E-state index in [1.807, 2.05) is 20.8 Å². The average molecular weight is 328 g/mol.